The van der Waals surface area contributed by atoms with Gasteiger partial charge in [0, 0.05) is 5.56 Å². The van der Waals surface area contributed by atoms with E-state index in [9.17, 15) is 18.7 Å². The molecule has 0 spiro atoms. The number of hydrogen-bond acceptors (Lipinski definition) is 3. The van der Waals surface area contributed by atoms with Crippen molar-refractivity contribution in [3.63, 3.8) is 0 Å². The van der Waals surface area contributed by atoms with Crippen LogP contribution in [0.3, 0.4) is 0 Å². The molecule has 0 heterocycles. The largest absolute Gasteiger partial charge is 0.505 e. The Morgan fingerprint density at radius 3 is 2.44 bits per heavy atom. The summed E-state index contributed by atoms with van der Waals surface area (Å²) in [4.78, 5) is 10.4. The molecule has 88 valence electrons. The highest BCUT2D eigenvalue weighted by atomic mass is 19.1. The minimum atomic E-state index is -1.48. The van der Waals surface area contributed by atoms with Gasteiger partial charge in [0.2, 0.25) is 5.82 Å². The fourth-order valence-corrected chi connectivity index (χ4v) is 1.36. The Balaban J connectivity index is 3.19. The molecule has 16 heavy (non-hydrogen) atoms. The van der Waals surface area contributed by atoms with Gasteiger partial charge in [0.05, 0.1) is 6.42 Å². The van der Waals surface area contributed by atoms with E-state index in [1.54, 1.807) is 0 Å². The lowest BCUT2D eigenvalue weighted by atomic mass is 9.96. The van der Waals surface area contributed by atoms with Crippen molar-refractivity contribution in [2.45, 2.75) is 19.3 Å². The van der Waals surface area contributed by atoms with Crippen LogP contribution in [-0.2, 0) is 4.79 Å². The van der Waals surface area contributed by atoms with Crippen LogP contribution in [0, 0.1) is 11.6 Å². The molecule has 6 heteroatoms. The topological polar surface area (TPSA) is 77.8 Å². The number of rotatable bonds is 3. The molecule has 0 aromatic heterocycles. The number of benzene rings is 1. The molecular weight excluding hydrogens is 222 g/mol. The van der Waals surface area contributed by atoms with Crippen molar-refractivity contribution in [1.82, 2.24) is 0 Å². The lowest BCUT2D eigenvalue weighted by Crippen LogP contribution is -2.04. The quantitative estimate of drug-likeness (QED) is 0.744. The van der Waals surface area contributed by atoms with Gasteiger partial charge < -0.3 is 15.3 Å². The SMILES string of the molecule is CC(CC(=O)O)c1cc(F)c(O)c(F)c1O. The Labute approximate surface area is 89.8 Å². The number of carboxylic acids is 1. The van der Waals surface area contributed by atoms with Gasteiger partial charge in [0.25, 0.3) is 0 Å². The van der Waals surface area contributed by atoms with Crippen molar-refractivity contribution in [3.8, 4) is 11.5 Å². The standard InChI is InChI=1S/C10H10F2O4/c1-4(2-7(13)14)5-3-6(11)10(16)8(12)9(5)15/h3-4,15-16H,2H2,1H3,(H,13,14). The third kappa shape index (κ3) is 2.21. The van der Waals surface area contributed by atoms with E-state index in [4.69, 9.17) is 10.2 Å². The van der Waals surface area contributed by atoms with Crippen LogP contribution in [0.25, 0.3) is 0 Å². The molecule has 0 saturated carbocycles. The Kier molecular flexibility index (Phi) is 3.31. The molecule has 0 saturated heterocycles. The molecule has 0 aliphatic carbocycles. The first-order chi connectivity index (χ1) is 7.34. The first kappa shape index (κ1) is 12.2. The van der Waals surface area contributed by atoms with E-state index in [-0.39, 0.29) is 12.0 Å². The van der Waals surface area contributed by atoms with E-state index in [0.717, 1.165) is 6.07 Å². The predicted molar refractivity (Wildman–Crippen MR) is 50.4 cm³/mol. The summed E-state index contributed by atoms with van der Waals surface area (Å²) < 4.78 is 26.0. The van der Waals surface area contributed by atoms with E-state index >= 15 is 0 Å². The van der Waals surface area contributed by atoms with Crippen LogP contribution in [-0.4, -0.2) is 21.3 Å². The van der Waals surface area contributed by atoms with Gasteiger partial charge in [-0.3, -0.25) is 4.79 Å². The highest BCUT2D eigenvalue weighted by molar-refractivity contribution is 5.68. The van der Waals surface area contributed by atoms with Crippen molar-refractivity contribution < 1.29 is 28.9 Å². The molecule has 4 nitrogen and oxygen atoms in total. The highest BCUT2D eigenvalue weighted by Gasteiger charge is 2.22. The maximum atomic E-state index is 13.1. The van der Waals surface area contributed by atoms with E-state index in [2.05, 4.69) is 0 Å². The van der Waals surface area contributed by atoms with Crippen molar-refractivity contribution in [2.75, 3.05) is 0 Å². The molecule has 0 aliphatic rings. The lowest BCUT2D eigenvalue weighted by molar-refractivity contribution is -0.137. The first-order valence-electron chi connectivity index (χ1n) is 4.46. The number of halogens is 2. The number of aromatic hydroxyl groups is 2. The van der Waals surface area contributed by atoms with E-state index < -0.39 is 35.0 Å². The van der Waals surface area contributed by atoms with Gasteiger partial charge in [0.15, 0.2) is 17.3 Å². The maximum Gasteiger partial charge on any atom is 0.303 e. The fourth-order valence-electron chi connectivity index (χ4n) is 1.36. The van der Waals surface area contributed by atoms with Crippen molar-refractivity contribution in [1.29, 1.82) is 0 Å². The molecule has 0 radical (unpaired) electrons. The van der Waals surface area contributed by atoms with Crippen molar-refractivity contribution >= 4 is 5.97 Å². The summed E-state index contributed by atoms with van der Waals surface area (Å²) in [6.07, 6.45) is -0.378. The molecule has 0 amide bonds. The summed E-state index contributed by atoms with van der Waals surface area (Å²) in [5.41, 5.74) is -0.185. The molecule has 3 N–H and O–H groups in total. The average Bonchev–Trinajstić information content (AvgIpc) is 2.19. The van der Waals surface area contributed by atoms with Crippen LogP contribution >= 0.6 is 0 Å². The molecule has 1 unspecified atom stereocenters. The van der Waals surface area contributed by atoms with Crippen LogP contribution in [0.1, 0.15) is 24.8 Å². The molecule has 1 atom stereocenters. The second-order valence-electron chi connectivity index (χ2n) is 3.46. The fraction of sp³-hybridized carbons (Fsp3) is 0.300. The van der Waals surface area contributed by atoms with Crippen LogP contribution in [0.2, 0.25) is 0 Å². The average molecular weight is 232 g/mol. The monoisotopic (exact) mass is 232 g/mol. The van der Waals surface area contributed by atoms with Gasteiger partial charge in [-0.25, -0.2) is 4.39 Å². The zero-order chi connectivity index (χ0) is 12.5. The van der Waals surface area contributed by atoms with Gasteiger partial charge in [-0.2, -0.15) is 4.39 Å². The van der Waals surface area contributed by atoms with Gasteiger partial charge in [-0.1, -0.05) is 6.92 Å². The summed E-state index contributed by atoms with van der Waals surface area (Å²) in [5, 5.41) is 26.7. The van der Waals surface area contributed by atoms with Crippen LogP contribution in [0.15, 0.2) is 6.07 Å². The number of carboxylic acid groups (broad SMARTS) is 1. The zero-order valence-electron chi connectivity index (χ0n) is 8.37. The number of phenolic OH excluding ortho intramolecular Hbond substituents is 2. The Morgan fingerprint density at radius 1 is 1.38 bits per heavy atom. The van der Waals surface area contributed by atoms with Gasteiger partial charge >= 0.3 is 5.97 Å². The number of carbonyl (C=O) groups is 1. The van der Waals surface area contributed by atoms with Crippen LogP contribution in [0.4, 0.5) is 8.78 Å². The minimum Gasteiger partial charge on any atom is -0.505 e. The molecule has 1 aromatic carbocycles. The molecule has 0 bridgehead atoms. The first-order valence-corrected chi connectivity index (χ1v) is 4.46. The Morgan fingerprint density at radius 2 is 1.94 bits per heavy atom. The summed E-state index contributed by atoms with van der Waals surface area (Å²) >= 11 is 0. The van der Waals surface area contributed by atoms with E-state index in [0.29, 0.717) is 0 Å². The normalized spacial score (nSPS) is 12.4. The smallest absolute Gasteiger partial charge is 0.303 e. The van der Waals surface area contributed by atoms with Crippen molar-refractivity contribution in [3.05, 3.63) is 23.3 Å². The number of phenols is 2. The lowest BCUT2D eigenvalue weighted by Gasteiger charge is -2.12. The van der Waals surface area contributed by atoms with E-state index in [1.165, 1.54) is 6.92 Å². The second-order valence-corrected chi connectivity index (χ2v) is 3.46. The number of aliphatic carboxylic acids is 1. The molecular formula is C10H10F2O4. The van der Waals surface area contributed by atoms with Gasteiger partial charge in [0.1, 0.15) is 0 Å². The Hall–Kier alpha value is -1.85. The van der Waals surface area contributed by atoms with E-state index in [1.807, 2.05) is 0 Å². The minimum absolute atomic E-state index is 0.185. The third-order valence-corrected chi connectivity index (χ3v) is 2.21. The molecule has 1 rings (SSSR count). The van der Waals surface area contributed by atoms with Gasteiger partial charge in [-0.05, 0) is 12.0 Å². The Bertz CT molecular complexity index is 431. The molecule has 0 fully saturated rings. The predicted octanol–water partition coefficient (Wildman–Crippen LogP) is 1.95. The number of hydrogen-bond donors (Lipinski definition) is 3. The summed E-state index contributed by atoms with van der Waals surface area (Å²) in [6.45, 7) is 1.40. The summed E-state index contributed by atoms with van der Waals surface area (Å²) in [6, 6.07) is 0.724. The van der Waals surface area contributed by atoms with Crippen LogP contribution < -0.4 is 0 Å². The molecule has 0 aliphatic heterocycles. The van der Waals surface area contributed by atoms with Gasteiger partial charge in [-0.15, -0.1) is 0 Å². The third-order valence-electron chi connectivity index (χ3n) is 2.21. The maximum absolute atomic E-state index is 13.1. The van der Waals surface area contributed by atoms with Crippen LogP contribution in [0.5, 0.6) is 11.5 Å². The molecule has 1 aromatic rings. The summed E-state index contributed by atoms with van der Waals surface area (Å²) in [5.74, 6) is -6.82. The summed E-state index contributed by atoms with van der Waals surface area (Å²) in [7, 11) is 0. The highest BCUT2D eigenvalue weighted by Crippen LogP contribution is 2.36. The zero-order valence-corrected chi connectivity index (χ0v) is 8.37. The van der Waals surface area contributed by atoms with Crippen molar-refractivity contribution in [2.24, 2.45) is 0 Å². The second kappa shape index (κ2) is 4.34.